The SMILES string of the molecule is Cc1cc(C)cc(C(=O)N2CCC(Oc3ccc(-n4cccn4)nn3)CC2)c1. The summed E-state index contributed by atoms with van der Waals surface area (Å²) in [7, 11) is 0. The van der Waals surface area contributed by atoms with Crippen molar-refractivity contribution in [2.45, 2.75) is 32.8 Å². The Morgan fingerprint density at radius 3 is 2.43 bits per heavy atom. The van der Waals surface area contributed by atoms with E-state index in [1.807, 2.05) is 49.2 Å². The molecule has 0 unspecified atom stereocenters. The molecule has 3 aromatic rings. The van der Waals surface area contributed by atoms with E-state index in [2.05, 4.69) is 21.4 Å². The molecule has 2 aromatic heterocycles. The van der Waals surface area contributed by atoms with Crippen molar-refractivity contribution < 1.29 is 9.53 Å². The highest BCUT2D eigenvalue weighted by Crippen LogP contribution is 2.20. The Morgan fingerprint density at radius 2 is 1.82 bits per heavy atom. The second-order valence-corrected chi connectivity index (χ2v) is 7.17. The van der Waals surface area contributed by atoms with Gasteiger partial charge in [0, 0.05) is 50.0 Å². The third-order valence-electron chi connectivity index (χ3n) is 4.85. The van der Waals surface area contributed by atoms with E-state index in [9.17, 15) is 4.79 Å². The van der Waals surface area contributed by atoms with Gasteiger partial charge in [0.2, 0.25) is 5.88 Å². The molecule has 1 saturated heterocycles. The van der Waals surface area contributed by atoms with Crippen molar-refractivity contribution in [1.29, 1.82) is 0 Å². The van der Waals surface area contributed by atoms with Gasteiger partial charge in [0.15, 0.2) is 5.82 Å². The third kappa shape index (κ3) is 4.03. The van der Waals surface area contributed by atoms with E-state index < -0.39 is 0 Å². The number of amides is 1. The van der Waals surface area contributed by atoms with Crippen LogP contribution in [0.1, 0.15) is 34.3 Å². The van der Waals surface area contributed by atoms with Crippen molar-refractivity contribution in [3.8, 4) is 11.7 Å². The van der Waals surface area contributed by atoms with Crippen LogP contribution in [0.4, 0.5) is 0 Å². The summed E-state index contributed by atoms with van der Waals surface area (Å²) < 4.78 is 7.61. The first-order chi connectivity index (χ1) is 13.6. The highest BCUT2D eigenvalue weighted by molar-refractivity contribution is 5.94. The number of carbonyl (C=O) groups excluding carboxylic acids is 1. The number of hydrogen-bond donors (Lipinski definition) is 0. The molecule has 144 valence electrons. The molecule has 1 aliphatic rings. The van der Waals surface area contributed by atoms with Crippen molar-refractivity contribution in [3.63, 3.8) is 0 Å². The quantitative estimate of drug-likeness (QED) is 0.699. The molecule has 0 saturated carbocycles. The number of piperidine rings is 1. The number of aryl methyl sites for hydroxylation is 2. The number of aromatic nitrogens is 4. The molecule has 7 heteroatoms. The smallest absolute Gasteiger partial charge is 0.253 e. The van der Waals surface area contributed by atoms with Crippen molar-refractivity contribution in [2.24, 2.45) is 0 Å². The van der Waals surface area contributed by atoms with E-state index in [1.54, 1.807) is 16.9 Å². The Hall–Kier alpha value is -3.22. The van der Waals surface area contributed by atoms with Gasteiger partial charge in [-0.05, 0) is 38.1 Å². The zero-order valence-corrected chi connectivity index (χ0v) is 16.1. The number of hydrogen-bond acceptors (Lipinski definition) is 5. The minimum atomic E-state index is 0.0353. The Bertz CT molecular complexity index is 925. The molecule has 1 fully saturated rings. The molecule has 28 heavy (non-hydrogen) atoms. The maximum Gasteiger partial charge on any atom is 0.253 e. The molecule has 7 nitrogen and oxygen atoms in total. The van der Waals surface area contributed by atoms with Crippen LogP contribution < -0.4 is 4.74 Å². The fraction of sp³-hybridized carbons (Fsp3) is 0.333. The molecule has 0 N–H and O–H groups in total. The summed E-state index contributed by atoms with van der Waals surface area (Å²) >= 11 is 0. The topological polar surface area (TPSA) is 73.1 Å². The first-order valence-corrected chi connectivity index (χ1v) is 9.46. The molecule has 1 aromatic carbocycles. The highest BCUT2D eigenvalue weighted by atomic mass is 16.5. The van der Waals surface area contributed by atoms with Crippen LogP contribution in [0.5, 0.6) is 5.88 Å². The fourth-order valence-electron chi connectivity index (χ4n) is 3.53. The summed E-state index contributed by atoms with van der Waals surface area (Å²) in [5, 5.41) is 12.4. The first-order valence-electron chi connectivity index (χ1n) is 9.46. The van der Waals surface area contributed by atoms with Crippen molar-refractivity contribution in [3.05, 3.63) is 65.5 Å². The molecular formula is C21H23N5O2. The lowest BCUT2D eigenvalue weighted by atomic mass is 10.0. The van der Waals surface area contributed by atoms with Gasteiger partial charge in [-0.2, -0.15) is 5.10 Å². The summed E-state index contributed by atoms with van der Waals surface area (Å²) in [5.41, 5.74) is 2.98. The molecule has 1 amide bonds. The van der Waals surface area contributed by atoms with Crippen LogP contribution in [-0.4, -0.2) is 50.0 Å². The molecule has 0 bridgehead atoms. The van der Waals surface area contributed by atoms with Crippen LogP contribution in [-0.2, 0) is 0 Å². The maximum atomic E-state index is 12.8. The number of benzene rings is 1. The minimum Gasteiger partial charge on any atom is -0.473 e. The second-order valence-electron chi connectivity index (χ2n) is 7.17. The molecule has 0 aliphatic carbocycles. The number of carbonyl (C=O) groups is 1. The van der Waals surface area contributed by atoms with Crippen LogP contribution in [0.15, 0.2) is 48.8 Å². The standard InChI is InChI=1S/C21H23N5O2/c1-15-12-16(2)14-17(13-15)21(27)25-10-6-18(7-11-25)28-20-5-4-19(23-24-20)26-9-3-8-22-26/h3-5,8-9,12-14,18H,6-7,10-11H2,1-2H3. The van der Waals surface area contributed by atoms with Gasteiger partial charge in [0.1, 0.15) is 6.10 Å². The van der Waals surface area contributed by atoms with E-state index in [-0.39, 0.29) is 12.0 Å². The van der Waals surface area contributed by atoms with Gasteiger partial charge < -0.3 is 9.64 Å². The van der Waals surface area contributed by atoms with Gasteiger partial charge in [-0.15, -0.1) is 10.2 Å². The average Bonchev–Trinajstić information content (AvgIpc) is 3.23. The number of nitrogens with zero attached hydrogens (tertiary/aromatic N) is 5. The minimum absolute atomic E-state index is 0.0353. The van der Waals surface area contributed by atoms with E-state index in [1.165, 1.54) is 0 Å². The predicted molar refractivity (Wildman–Crippen MR) is 105 cm³/mol. The lowest BCUT2D eigenvalue weighted by Gasteiger charge is -2.32. The fourth-order valence-corrected chi connectivity index (χ4v) is 3.53. The van der Waals surface area contributed by atoms with Crippen molar-refractivity contribution >= 4 is 5.91 Å². The average molecular weight is 377 g/mol. The Morgan fingerprint density at radius 1 is 1.07 bits per heavy atom. The van der Waals surface area contributed by atoms with E-state index >= 15 is 0 Å². The Balaban J connectivity index is 1.33. The summed E-state index contributed by atoms with van der Waals surface area (Å²) in [6, 6.07) is 11.4. The molecule has 0 radical (unpaired) electrons. The summed E-state index contributed by atoms with van der Waals surface area (Å²) in [5.74, 6) is 1.23. The molecule has 4 rings (SSSR count). The van der Waals surface area contributed by atoms with Crippen molar-refractivity contribution in [2.75, 3.05) is 13.1 Å². The maximum absolute atomic E-state index is 12.8. The molecular weight excluding hydrogens is 354 g/mol. The third-order valence-corrected chi connectivity index (χ3v) is 4.85. The number of ether oxygens (including phenoxy) is 1. The van der Waals surface area contributed by atoms with Gasteiger partial charge in [-0.1, -0.05) is 17.2 Å². The molecule has 0 spiro atoms. The van der Waals surface area contributed by atoms with E-state index in [4.69, 9.17) is 4.74 Å². The van der Waals surface area contributed by atoms with Gasteiger partial charge in [-0.3, -0.25) is 4.79 Å². The van der Waals surface area contributed by atoms with Crippen LogP contribution in [0.3, 0.4) is 0 Å². The normalized spacial score (nSPS) is 14.9. The van der Waals surface area contributed by atoms with Gasteiger partial charge in [0.25, 0.3) is 5.91 Å². The number of likely N-dealkylation sites (tertiary alicyclic amines) is 1. The summed E-state index contributed by atoms with van der Waals surface area (Å²) in [6.07, 6.45) is 5.10. The van der Waals surface area contributed by atoms with E-state index in [0.717, 1.165) is 29.5 Å². The second kappa shape index (κ2) is 7.80. The lowest BCUT2D eigenvalue weighted by molar-refractivity contribution is 0.0586. The summed E-state index contributed by atoms with van der Waals surface area (Å²) in [6.45, 7) is 5.38. The monoisotopic (exact) mass is 377 g/mol. The zero-order chi connectivity index (χ0) is 19.5. The number of rotatable bonds is 4. The van der Waals surface area contributed by atoms with Crippen LogP contribution in [0.25, 0.3) is 5.82 Å². The molecule has 0 atom stereocenters. The van der Waals surface area contributed by atoms with Gasteiger partial charge >= 0.3 is 0 Å². The predicted octanol–water partition coefficient (Wildman–Crippen LogP) is 2.96. The highest BCUT2D eigenvalue weighted by Gasteiger charge is 2.25. The molecule has 3 heterocycles. The van der Waals surface area contributed by atoms with Crippen LogP contribution in [0.2, 0.25) is 0 Å². The first kappa shape index (κ1) is 18.2. The Kier molecular flexibility index (Phi) is 5.06. The zero-order valence-electron chi connectivity index (χ0n) is 16.1. The largest absolute Gasteiger partial charge is 0.473 e. The van der Waals surface area contributed by atoms with Gasteiger partial charge in [-0.25, -0.2) is 4.68 Å². The lowest BCUT2D eigenvalue weighted by Crippen LogP contribution is -2.41. The van der Waals surface area contributed by atoms with Gasteiger partial charge in [0.05, 0.1) is 0 Å². The van der Waals surface area contributed by atoms with E-state index in [0.29, 0.717) is 24.8 Å². The van der Waals surface area contributed by atoms with Crippen LogP contribution in [0, 0.1) is 13.8 Å². The Labute approximate surface area is 164 Å². The van der Waals surface area contributed by atoms with Crippen LogP contribution >= 0.6 is 0 Å². The van der Waals surface area contributed by atoms with Crippen molar-refractivity contribution in [1.82, 2.24) is 24.9 Å². The molecule has 1 aliphatic heterocycles. The summed E-state index contributed by atoms with van der Waals surface area (Å²) in [4.78, 5) is 14.7.